The number of allylic oxidation sites excluding steroid dienone is 2. The molecule has 1 aliphatic rings. The Morgan fingerprint density at radius 2 is 2.18 bits per heavy atom. The lowest BCUT2D eigenvalue weighted by Gasteiger charge is -2.22. The average Bonchev–Trinajstić information content (AvgIpc) is 1.85. The summed E-state index contributed by atoms with van der Waals surface area (Å²) >= 11 is 0. The van der Waals surface area contributed by atoms with Gasteiger partial charge in [0.1, 0.15) is 0 Å². The molecule has 1 nitrogen and oxygen atoms in total. The lowest BCUT2D eigenvalue weighted by atomic mass is 9.83. The number of Topliss-reactive ketones (excluding diaryl/α,β-unsaturated/α-hetero) is 1. The summed E-state index contributed by atoms with van der Waals surface area (Å²) in [7, 11) is 0. The fourth-order valence-corrected chi connectivity index (χ4v) is 1.83. The predicted molar refractivity (Wildman–Crippen MR) is 46.3 cm³/mol. The van der Waals surface area contributed by atoms with Gasteiger partial charge in [0, 0.05) is 0 Å². The molecule has 62 valence electrons. The highest BCUT2D eigenvalue weighted by atomic mass is 16.1. The van der Waals surface area contributed by atoms with E-state index in [-0.39, 0.29) is 5.78 Å². The smallest absolute Gasteiger partial charge is 0.155 e. The van der Waals surface area contributed by atoms with Gasteiger partial charge in [0.25, 0.3) is 0 Å². The highest BCUT2D eigenvalue weighted by Crippen LogP contribution is 2.27. The number of carbonyl (C=O) groups excluding carboxylic acids is 1. The minimum atomic E-state index is 0.253. The Hall–Kier alpha value is -0.590. The molecule has 1 aliphatic carbocycles. The number of carbonyl (C=O) groups is 1. The van der Waals surface area contributed by atoms with Crippen LogP contribution in [0.25, 0.3) is 0 Å². The number of rotatable bonds is 1. The molecule has 0 aromatic carbocycles. The summed E-state index contributed by atoms with van der Waals surface area (Å²) in [5.74, 6) is 1.54. The fraction of sp³-hybridized carbons (Fsp3) is 0.700. The topological polar surface area (TPSA) is 17.1 Å². The second kappa shape index (κ2) is 3.21. The third kappa shape index (κ3) is 2.18. The Bertz CT molecular complexity index is 191. The zero-order valence-corrected chi connectivity index (χ0v) is 7.55. The minimum absolute atomic E-state index is 0.253. The van der Waals surface area contributed by atoms with Crippen LogP contribution in [0.2, 0.25) is 0 Å². The van der Waals surface area contributed by atoms with Crippen LogP contribution in [0.1, 0.15) is 33.6 Å². The molecule has 0 bridgehead atoms. The first-order valence-electron chi connectivity index (χ1n) is 4.31. The van der Waals surface area contributed by atoms with Gasteiger partial charge in [0.05, 0.1) is 0 Å². The van der Waals surface area contributed by atoms with Gasteiger partial charge in [0.15, 0.2) is 5.78 Å². The van der Waals surface area contributed by atoms with Crippen LogP contribution >= 0.6 is 0 Å². The highest BCUT2D eigenvalue weighted by molar-refractivity contribution is 5.93. The van der Waals surface area contributed by atoms with E-state index in [1.54, 1.807) is 6.92 Å². The Labute approximate surface area is 68.5 Å². The van der Waals surface area contributed by atoms with E-state index in [0.717, 1.165) is 12.0 Å². The maximum Gasteiger partial charge on any atom is 0.155 e. The van der Waals surface area contributed by atoms with Crippen LogP contribution in [0.3, 0.4) is 0 Å². The van der Waals surface area contributed by atoms with Crippen molar-refractivity contribution in [2.75, 3.05) is 0 Å². The van der Waals surface area contributed by atoms with Crippen LogP contribution in [0.15, 0.2) is 11.6 Å². The lowest BCUT2D eigenvalue weighted by molar-refractivity contribution is -0.114. The van der Waals surface area contributed by atoms with Gasteiger partial charge in [-0.3, -0.25) is 4.79 Å². The average molecular weight is 152 g/mol. The maximum absolute atomic E-state index is 11.0. The molecule has 0 aromatic rings. The van der Waals surface area contributed by atoms with Crippen LogP contribution in [-0.2, 0) is 4.79 Å². The van der Waals surface area contributed by atoms with Gasteiger partial charge in [-0.25, -0.2) is 0 Å². The molecule has 0 saturated carbocycles. The molecule has 0 aromatic heterocycles. The van der Waals surface area contributed by atoms with E-state index in [0.29, 0.717) is 11.8 Å². The van der Waals surface area contributed by atoms with Crippen molar-refractivity contribution in [1.82, 2.24) is 0 Å². The second-order valence-corrected chi connectivity index (χ2v) is 3.77. The zero-order chi connectivity index (χ0) is 8.43. The molecule has 0 fully saturated rings. The third-order valence-corrected chi connectivity index (χ3v) is 2.28. The molecule has 11 heavy (non-hydrogen) atoms. The van der Waals surface area contributed by atoms with Crippen molar-refractivity contribution in [3.63, 3.8) is 0 Å². The highest BCUT2D eigenvalue weighted by Gasteiger charge is 2.17. The van der Waals surface area contributed by atoms with E-state index >= 15 is 0 Å². The summed E-state index contributed by atoms with van der Waals surface area (Å²) in [6, 6.07) is 0. The van der Waals surface area contributed by atoms with Gasteiger partial charge in [-0.2, -0.15) is 0 Å². The van der Waals surface area contributed by atoms with Crippen molar-refractivity contribution >= 4 is 5.78 Å². The first-order valence-corrected chi connectivity index (χ1v) is 4.31. The summed E-state index contributed by atoms with van der Waals surface area (Å²) in [5.41, 5.74) is 1.04. The molecule has 1 rings (SSSR count). The van der Waals surface area contributed by atoms with Crippen LogP contribution in [0, 0.1) is 11.8 Å². The van der Waals surface area contributed by atoms with Crippen molar-refractivity contribution in [3.05, 3.63) is 11.6 Å². The monoisotopic (exact) mass is 152 g/mol. The van der Waals surface area contributed by atoms with Crippen molar-refractivity contribution in [1.29, 1.82) is 0 Å². The molecule has 0 amide bonds. The molecule has 0 N–H and O–H groups in total. The summed E-state index contributed by atoms with van der Waals surface area (Å²) in [4.78, 5) is 11.0. The normalized spacial score (nSPS) is 31.4. The number of hydrogen-bond acceptors (Lipinski definition) is 1. The second-order valence-electron chi connectivity index (χ2n) is 3.77. The quantitative estimate of drug-likeness (QED) is 0.564. The van der Waals surface area contributed by atoms with Crippen LogP contribution in [0.5, 0.6) is 0 Å². The van der Waals surface area contributed by atoms with Crippen molar-refractivity contribution in [2.45, 2.75) is 33.6 Å². The predicted octanol–water partition coefficient (Wildman–Crippen LogP) is 2.57. The van der Waals surface area contributed by atoms with Crippen LogP contribution < -0.4 is 0 Å². The van der Waals surface area contributed by atoms with E-state index < -0.39 is 0 Å². The molecule has 0 spiro atoms. The minimum Gasteiger partial charge on any atom is -0.295 e. The van der Waals surface area contributed by atoms with Gasteiger partial charge >= 0.3 is 0 Å². The first kappa shape index (κ1) is 8.51. The summed E-state index contributed by atoms with van der Waals surface area (Å²) < 4.78 is 0. The number of ketones is 1. The summed E-state index contributed by atoms with van der Waals surface area (Å²) in [5, 5.41) is 0. The molecule has 0 radical (unpaired) electrons. The van der Waals surface area contributed by atoms with Crippen molar-refractivity contribution in [2.24, 2.45) is 11.8 Å². The standard InChI is InChI=1S/C10H16O/c1-7-4-8(2)6-10(5-7)9(3)11/h5,7-8H,4,6H2,1-3H3. The van der Waals surface area contributed by atoms with E-state index in [1.807, 2.05) is 0 Å². The molecule has 1 heteroatoms. The molecule has 2 unspecified atom stereocenters. The van der Waals surface area contributed by atoms with Crippen molar-refractivity contribution in [3.8, 4) is 0 Å². The van der Waals surface area contributed by atoms with Crippen molar-refractivity contribution < 1.29 is 4.79 Å². The van der Waals surface area contributed by atoms with E-state index in [9.17, 15) is 4.79 Å². The molecular formula is C10H16O. The SMILES string of the molecule is CC(=O)C1=CC(C)CC(C)C1. The van der Waals surface area contributed by atoms with E-state index in [2.05, 4.69) is 19.9 Å². The largest absolute Gasteiger partial charge is 0.295 e. The van der Waals surface area contributed by atoms with Gasteiger partial charge in [0.2, 0.25) is 0 Å². The molecule has 0 heterocycles. The Morgan fingerprint density at radius 3 is 2.64 bits per heavy atom. The maximum atomic E-state index is 11.0. The molecule has 2 atom stereocenters. The molecule has 0 aliphatic heterocycles. The zero-order valence-electron chi connectivity index (χ0n) is 7.55. The van der Waals surface area contributed by atoms with Gasteiger partial charge in [-0.1, -0.05) is 19.9 Å². The van der Waals surface area contributed by atoms with Gasteiger partial charge in [-0.05, 0) is 37.2 Å². The Kier molecular flexibility index (Phi) is 2.48. The molecular weight excluding hydrogens is 136 g/mol. The summed E-state index contributed by atoms with van der Waals surface area (Å²) in [6.07, 6.45) is 4.35. The summed E-state index contributed by atoms with van der Waals surface area (Å²) in [6.45, 7) is 6.06. The van der Waals surface area contributed by atoms with E-state index in [1.165, 1.54) is 6.42 Å². The third-order valence-electron chi connectivity index (χ3n) is 2.28. The fourth-order valence-electron chi connectivity index (χ4n) is 1.83. The first-order chi connectivity index (χ1) is 5.09. The van der Waals surface area contributed by atoms with Crippen LogP contribution in [0.4, 0.5) is 0 Å². The number of hydrogen-bond donors (Lipinski definition) is 0. The van der Waals surface area contributed by atoms with Gasteiger partial charge in [-0.15, -0.1) is 0 Å². The Balaban J connectivity index is 2.72. The van der Waals surface area contributed by atoms with Crippen LogP contribution in [-0.4, -0.2) is 5.78 Å². The lowest BCUT2D eigenvalue weighted by Crippen LogP contribution is -2.13. The Morgan fingerprint density at radius 1 is 1.55 bits per heavy atom. The van der Waals surface area contributed by atoms with Gasteiger partial charge < -0.3 is 0 Å². The molecule has 0 saturated heterocycles. The van der Waals surface area contributed by atoms with E-state index in [4.69, 9.17) is 0 Å².